The van der Waals surface area contributed by atoms with Crippen LogP contribution < -0.4 is 5.32 Å². The Morgan fingerprint density at radius 2 is 1.79 bits per heavy atom. The Kier molecular flexibility index (Phi) is 5.27. The van der Waals surface area contributed by atoms with Crippen LogP contribution in [0.25, 0.3) is 0 Å². The van der Waals surface area contributed by atoms with E-state index in [0.717, 1.165) is 18.6 Å². The van der Waals surface area contributed by atoms with Crippen LogP contribution in [0.15, 0.2) is 0 Å². The third kappa shape index (κ3) is 3.32. The normalized spacial score (nSPS) is 29.7. The SMILES string of the molecule is CCC(CC)(CNC)CN1CCC2CCC(C1)N2C. The van der Waals surface area contributed by atoms with Gasteiger partial charge in [-0.1, -0.05) is 13.8 Å². The van der Waals surface area contributed by atoms with Gasteiger partial charge in [-0.15, -0.1) is 0 Å². The van der Waals surface area contributed by atoms with E-state index in [1.165, 1.54) is 51.7 Å². The van der Waals surface area contributed by atoms with Crippen molar-refractivity contribution in [3.63, 3.8) is 0 Å². The Bertz CT molecular complexity index is 275. The van der Waals surface area contributed by atoms with Crippen molar-refractivity contribution >= 4 is 0 Å². The van der Waals surface area contributed by atoms with Crippen LogP contribution in [0.1, 0.15) is 46.0 Å². The lowest BCUT2D eigenvalue weighted by Gasteiger charge is -2.38. The smallest absolute Gasteiger partial charge is 0.0223 e. The van der Waals surface area contributed by atoms with Gasteiger partial charge < -0.3 is 10.2 Å². The summed E-state index contributed by atoms with van der Waals surface area (Å²) in [6.45, 7) is 9.74. The zero-order valence-corrected chi connectivity index (χ0v) is 13.4. The van der Waals surface area contributed by atoms with Gasteiger partial charge in [0.2, 0.25) is 0 Å². The number of nitrogens with zero attached hydrogens (tertiary/aromatic N) is 2. The summed E-state index contributed by atoms with van der Waals surface area (Å²) in [5.41, 5.74) is 0.469. The second kappa shape index (κ2) is 6.55. The molecule has 2 aliphatic heterocycles. The van der Waals surface area contributed by atoms with Crippen LogP contribution in [0.4, 0.5) is 0 Å². The molecule has 3 heteroatoms. The fourth-order valence-electron chi connectivity index (χ4n) is 4.15. The van der Waals surface area contributed by atoms with Crippen molar-refractivity contribution in [3.8, 4) is 0 Å². The third-order valence-electron chi connectivity index (χ3n) is 5.84. The fourth-order valence-corrected chi connectivity index (χ4v) is 4.15. The van der Waals surface area contributed by atoms with E-state index in [0.29, 0.717) is 5.41 Å². The van der Waals surface area contributed by atoms with Gasteiger partial charge in [-0.25, -0.2) is 0 Å². The van der Waals surface area contributed by atoms with E-state index in [-0.39, 0.29) is 0 Å². The number of hydrogen-bond acceptors (Lipinski definition) is 3. The van der Waals surface area contributed by atoms with E-state index < -0.39 is 0 Å². The summed E-state index contributed by atoms with van der Waals surface area (Å²) in [4.78, 5) is 5.41. The molecular weight excluding hydrogens is 234 g/mol. The molecule has 2 bridgehead atoms. The molecule has 0 radical (unpaired) electrons. The molecule has 2 rings (SSSR count). The van der Waals surface area contributed by atoms with Gasteiger partial charge in [0.15, 0.2) is 0 Å². The van der Waals surface area contributed by atoms with Gasteiger partial charge in [0.1, 0.15) is 0 Å². The van der Waals surface area contributed by atoms with E-state index in [4.69, 9.17) is 0 Å². The number of likely N-dealkylation sites (N-methyl/N-ethyl adjacent to an activating group) is 1. The maximum absolute atomic E-state index is 3.42. The minimum Gasteiger partial charge on any atom is -0.319 e. The lowest BCUT2D eigenvalue weighted by atomic mass is 9.81. The summed E-state index contributed by atoms with van der Waals surface area (Å²) in [6.07, 6.45) is 6.78. The average Bonchev–Trinajstić information content (AvgIpc) is 2.66. The molecule has 0 amide bonds. The van der Waals surface area contributed by atoms with Gasteiger partial charge in [0, 0.05) is 31.7 Å². The fraction of sp³-hybridized carbons (Fsp3) is 1.00. The topological polar surface area (TPSA) is 18.5 Å². The van der Waals surface area contributed by atoms with Crippen LogP contribution in [0.5, 0.6) is 0 Å². The van der Waals surface area contributed by atoms with Gasteiger partial charge >= 0.3 is 0 Å². The number of nitrogens with one attached hydrogen (secondary N) is 1. The molecule has 2 saturated heterocycles. The van der Waals surface area contributed by atoms with Crippen molar-refractivity contribution < 1.29 is 0 Å². The number of likely N-dealkylation sites (tertiary alicyclic amines) is 1. The van der Waals surface area contributed by atoms with Crippen LogP contribution in [-0.4, -0.2) is 62.2 Å². The Morgan fingerprint density at radius 1 is 1.11 bits per heavy atom. The molecule has 1 N–H and O–H groups in total. The maximum atomic E-state index is 3.42. The molecule has 0 saturated carbocycles. The number of hydrogen-bond donors (Lipinski definition) is 1. The molecule has 2 aliphatic rings. The first-order valence-corrected chi connectivity index (χ1v) is 8.23. The van der Waals surface area contributed by atoms with Gasteiger partial charge in [0.25, 0.3) is 0 Å². The van der Waals surface area contributed by atoms with Gasteiger partial charge in [-0.05, 0) is 58.2 Å². The Morgan fingerprint density at radius 3 is 2.42 bits per heavy atom. The lowest BCUT2D eigenvalue weighted by molar-refractivity contribution is 0.126. The predicted molar refractivity (Wildman–Crippen MR) is 82.6 cm³/mol. The Labute approximate surface area is 119 Å². The maximum Gasteiger partial charge on any atom is 0.0223 e. The standard InChI is InChI=1S/C16H33N3/c1-5-16(6-2,12-17-3)13-19-10-9-14-7-8-15(11-19)18(14)4/h14-15,17H,5-13H2,1-4H3. The van der Waals surface area contributed by atoms with Crippen molar-refractivity contribution in [1.82, 2.24) is 15.1 Å². The quantitative estimate of drug-likeness (QED) is 0.796. The number of fused-ring (bicyclic) bond motifs is 2. The summed E-state index contributed by atoms with van der Waals surface area (Å²) in [7, 11) is 4.44. The molecule has 0 aromatic rings. The Balaban J connectivity index is 1.98. The van der Waals surface area contributed by atoms with Crippen LogP contribution in [0.2, 0.25) is 0 Å². The molecule has 0 aromatic heterocycles. The molecule has 0 aliphatic carbocycles. The molecule has 3 nitrogen and oxygen atoms in total. The van der Waals surface area contributed by atoms with Crippen LogP contribution in [-0.2, 0) is 0 Å². The predicted octanol–water partition coefficient (Wildman–Crippen LogP) is 2.18. The average molecular weight is 267 g/mol. The first-order chi connectivity index (χ1) is 9.14. The largest absolute Gasteiger partial charge is 0.319 e. The van der Waals surface area contributed by atoms with Crippen molar-refractivity contribution in [2.24, 2.45) is 5.41 Å². The molecule has 19 heavy (non-hydrogen) atoms. The minimum atomic E-state index is 0.469. The third-order valence-corrected chi connectivity index (χ3v) is 5.84. The lowest BCUT2D eigenvalue weighted by Crippen LogP contribution is -2.45. The second-order valence-corrected chi connectivity index (χ2v) is 6.81. The van der Waals surface area contributed by atoms with E-state index >= 15 is 0 Å². The van der Waals surface area contributed by atoms with Crippen LogP contribution in [0.3, 0.4) is 0 Å². The molecule has 0 aromatic carbocycles. The first kappa shape index (κ1) is 15.3. The summed E-state index contributed by atoms with van der Waals surface area (Å²) in [5.74, 6) is 0. The van der Waals surface area contributed by atoms with Crippen LogP contribution >= 0.6 is 0 Å². The molecule has 2 heterocycles. The van der Waals surface area contributed by atoms with Gasteiger partial charge in [0.05, 0.1) is 0 Å². The minimum absolute atomic E-state index is 0.469. The number of rotatable bonds is 6. The second-order valence-electron chi connectivity index (χ2n) is 6.81. The van der Waals surface area contributed by atoms with Crippen molar-refractivity contribution in [2.75, 3.05) is 40.3 Å². The van der Waals surface area contributed by atoms with Gasteiger partial charge in [-0.3, -0.25) is 4.90 Å². The molecular formula is C16H33N3. The van der Waals surface area contributed by atoms with E-state index in [1.807, 2.05) is 0 Å². The molecule has 112 valence electrons. The summed E-state index contributed by atoms with van der Waals surface area (Å²) in [6, 6.07) is 1.67. The van der Waals surface area contributed by atoms with Crippen molar-refractivity contribution in [1.29, 1.82) is 0 Å². The molecule has 2 unspecified atom stereocenters. The Hall–Kier alpha value is -0.120. The highest BCUT2D eigenvalue weighted by Gasteiger charge is 2.37. The van der Waals surface area contributed by atoms with Crippen molar-refractivity contribution in [2.45, 2.75) is 58.0 Å². The van der Waals surface area contributed by atoms with Gasteiger partial charge in [-0.2, -0.15) is 0 Å². The summed E-state index contributed by atoms with van der Waals surface area (Å²) < 4.78 is 0. The summed E-state index contributed by atoms with van der Waals surface area (Å²) >= 11 is 0. The van der Waals surface area contributed by atoms with E-state index in [9.17, 15) is 0 Å². The molecule has 2 atom stereocenters. The van der Waals surface area contributed by atoms with E-state index in [1.54, 1.807) is 0 Å². The van der Waals surface area contributed by atoms with Crippen molar-refractivity contribution in [3.05, 3.63) is 0 Å². The monoisotopic (exact) mass is 267 g/mol. The zero-order valence-electron chi connectivity index (χ0n) is 13.4. The highest BCUT2D eigenvalue weighted by Crippen LogP contribution is 2.32. The first-order valence-electron chi connectivity index (χ1n) is 8.23. The van der Waals surface area contributed by atoms with Crippen LogP contribution in [0, 0.1) is 5.41 Å². The summed E-state index contributed by atoms with van der Waals surface area (Å²) in [5, 5.41) is 3.42. The molecule has 0 spiro atoms. The highest BCUT2D eigenvalue weighted by molar-refractivity contribution is 4.93. The highest BCUT2D eigenvalue weighted by atomic mass is 15.3. The molecule has 2 fully saturated rings. The van der Waals surface area contributed by atoms with E-state index in [2.05, 4.69) is 43.1 Å². The zero-order chi connectivity index (χ0) is 13.9.